The number of hydrogen-bond acceptors (Lipinski definition) is 7. The number of carbonyl (C=O) groups is 2. The first kappa shape index (κ1) is 21.8. The van der Waals surface area contributed by atoms with E-state index in [1.54, 1.807) is 6.92 Å². The minimum absolute atomic E-state index is 0.0203. The quantitative estimate of drug-likeness (QED) is 0.419. The van der Waals surface area contributed by atoms with Crippen LogP contribution in [0.5, 0.6) is 0 Å². The zero-order valence-corrected chi connectivity index (χ0v) is 16.1. The number of hydrogen-bond donors (Lipinski definition) is 3. The van der Waals surface area contributed by atoms with Crippen molar-refractivity contribution in [1.82, 2.24) is 5.32 Å². The fourth-order valence-electron chi connectivity index (χ4n) is 2.14. The molecule has 1 atom stereocenters. The highest BCUT2D eigenvalue weighted by atomic mass is 32.2. The van der Waals surface area contributed by atoms with Crippen molar-refractivity contribution in [2.24, 2.45) is 10.2 Å². The van der Waals surface area contributed by atoms with Gasteiger partial charge in [0.15, 0.2) is 11.0 Å². The third-order valence-corrected chi connectivity index (χ3v) is 5.89. The standard InChI is InChI=1S/C15H16F2N4O5S2/c1-2-5-28(25,26)21-10-4-3-9(16)8(13(10)17)7-18-20-15-19-14(24)11(27-15)6-12(22)23/h3-4,7,11,21H,2,5-6H2,1H3,(H,22,23)(H,19,20,24). The van der Waals surface area contributed by atoms with Gasteiger partial charge in [0.1, 0.15) is 11.1 Å². The number of aliphatic carboxylic acids is 1. The summed E-state index contributed by atoms with van der Waals surface area (Å²) < 4.78 is 53.9. The predicted octanol–water partition coefficient (Wildman–Crippen LogP) is 1.51. The van der Waals surface area contributed by atoms with Crippen molar-refractivity contribution in [3.63, 3.8) is 0 Å². The highest BCUT2D eigenvalue weighted by Gasteiger charge is 2.32. The molecule has 1 aliphatic rings. The average Bonchev–Trinajstić information content (AvgIpc) is 2.92. The smallest absolute Gasteiger partial charge is 0.305 e. The second kappa shape index (κ2) is 9.10. The Balaban J connectivity index is 2.19. The molecular weight excluding hydrogens is 418 g/mol. The number of sulfonamides is 1. The molecule has 2 rings (SSSR count). The lowest BCUT2D eigenvalue weighted by Gasteiger charge is -2.09. The molecule has 1 amide bonds. The van der Waals surface area contributed by atoms with E-state index in [-0.39, 0.29) is 10.9 Å². The van der Waals surface area contributed by atoms with Gasteiger partial charge in [-0.15, -0.1) is 5.10 Å². The molecule has 1 saturated heterocycles. The maximum absolute atomic E-state index is 14.4. The molecule has 13 heteroatoms. The Morgan fingerprint density at radius 1 is 1.43 bits per heavy atom. The van der Waals surface area contributed by atoms with Gasteiger partial charge in [-0.1, -0.05) is 18.7 Å². The van der Waals surface area contributed by atoms with Crippen LogP contribution >= 0.6 is 11.8 Å². The number of nitrogens with zero attached hydrogens (tertiary/aromatic N) is 2. The molecule has 0 saturated carbocycles. The van der Waals surface area contributed by atoms with Crippen LogP contribution in [0.3, 0.4) is 0 Å². The molecule has 1 aromatic carbocycles. The van der Waals surface area contributed by atoms with Crippen LogP contribution in [0.4, 0.5) is 14.5 Å². The lowest BCUT2D eigenvalue weighted by Crippen LogP contribution is -2.26. The van der Waals surface area contributed by atoms with Crippen molar-refractivity contribution in [3.05, 3.63) is 29.3 Å². The normalized spacial score (nSPS) is 18.6. The molecule has 9 nitrogen and oxygen atoms in total. The van der Waals surface area contributed by atoms with Crippen molar-refractivity contribution in [2.45, 2.75) is 25.0 Å². The van der Waals surface area contributed by atoms with Crippen molar-refractivity contribution in [1.29, 1.82) is 0 Å². The second-order valence-electron chi connectivity index (χ2n) is 5.59. The lowest BCUT2D eigenvalue weighted by atomic mass is 10.2. The van der Waals surface area contributed by atoms with Gasteiger partial charge in [-0.3, -0.25) is 14.3 Å². The minimum Gasteiger partial charge on any atom is -0.481 e. The number of nitrogens with one attached hydrogen (secondary N) is 2. The Bertz CT molecular complexity index is 950. The number of thioether (sulfide) groups is 1. The number of carboxylic acid groups (broad SMARTS) is 1. The first-order valence-corrected chi connectivity index (χ1v) is 10.4. The van der Waals surface area contributed by atoms with Crippen molar-refractivity contribution >= 4 is 50.7 Å². The fraction of sp³-hybridized carbons (Fsp3) is 0.333. The van der Waals surface area contributed by atoms with E-state index in [1.807, 2.05) is 4.72 Å². The minimum atomic E-state index is -3.78. The Morgan fingerprint density at radius 3 is 2.79 bits per heavy atom. The molecule has 0 bridgehead atoms. The summed E-state index contributed by atoms with van der Waals surface area (Å²) in [5.74, 6) is -4.12. The van der Waals surface area contributed by atoms with E-state index >= 15 is 0 Å². The van der Waals surface area contributed by atoms with E-state index in [4.69, 9.17) is 5.11 Å². The summed E-state index contributed by atoms with van der Waals surface area (Å²) in [7, 11) is -3.78. The van der Waals surface area contributed by atoms with Gasteiger partial charge >= 0.3 is 5.97 Å². The van der Waals surface area contributed by atoms with Crippen molar-refractivity contribution in [3.8, 4) is 0 Å². The summed E-state index contributed by atoms with van der Waals surface area (Å²) in [5.41, 5.74) is -1.06. The number of halogens is 2. The molecule has 152 valence electrons. The van der Waals surface area contributed by atoms with Crippen LogP contribution in [0.2, 0.25) is 0 Å². The Morgan fingerprint density at radius 2 is 2.14 bits per heavy atom. The zero-order chi connectivity index (χ0) is 20.9. The van der Waals surface area contributed by atoms with Gasteiger partial charge in [-0.05, 0) is 18.6 Å². The largest absolute Gasteiger partial charge is 0.481 e. The molecule has 0 spiro atoms. The molecule has 0 aromatic heterocycles. The molecule has 1 aliphatic heterocycles. The summed E-state index contributed by atoms with van der Waals surface area (Å²) in [6.07, 6.45) is 0.630. The van der Waals surface area contributed by atoms with Crippen molar-refractivity contribution < 1.29 is 31.9 Å². The van der Waals surface area contributed by atoms with Crippen LogP contribution in [0.25, 0.3) is 0 Å². The number of rotatable bonds is 8. The third-order valence-electron chi connectivity index (χ3n) is 3.34. The van der Waals surface area contributed by atoms with Gasteiger partial charge in [0.25, 0.3) is 0 Å². The molecular formula is C15H16F2N4O5S2. The van der Waals surface area contributed by atoms with E-state index in [0.29, 0.717) is 6.42 Å². The molecule has 1 unspecified atom stereocenters. The third kappa shape index (κ3) is 5.73. The number of benzene rings is 1. The number of carboxylic acids is 1. The maximum Gasteiger partial charge on any atom is 0.305 e. The van der Waals surface area contributed by atoms with Gasteiger partial charge in [-0.25, -0.2) is 17.2 Å². The average molecular weight is 434 g/mol. The monoisotopic (exact) mass is 434 g/mol. The van der Waals surface area contributed by atoms with E-state index < -0.39 is 56.5 Å². The Kier molecular flexibility index (Phi) is 7.07. The molecule has 1 heterocycles. The van der Waals surface area contributed by atoms with Crippen LogP contribution in [-0.2, 0) is 19.6 Å². The van der Waals surface area contributed by atoms with Gasteiger partial charge in [0, 0.05) is 0 Å². The second-order valence-corrected chi connectivity index (χ2v) is 8.62. The fourth-order valence-corrected chi connectivity index (χ4v) is 4.19. The first-order chi connectivity index (χ1) is 13.1. The van der Waals surface area contributed by atoms with Crippen LogP contribution in [-0.4, -0.2) is 47.8 Å². The molecule has 1 aromatic rings. The lowest BCUT2D eigenvalue weighted by molar-refractivity contribution is -0.138. The van der Waals surface area contributed by atoms with Crippen LogP contribution < -0.4 is 10.0 Å². The van der Waals surface area contributed by atoms with Gasteiger partial charge in [-0.2, -0.15) is 5.10 Å². The summed E-state index contributed by atoms with van der Waals surface area (Å²) in [6.45, 7) is 1.64. The van der Waals surface area contributed by atoms with Crippen LogP contribution in [0.15, 0.2) is 22.3 Å². The Labute approximate surface area is 163 Å². The topological polar surface area (TPSA) is 137 Å². The van der Waals surface area contributed by atoms with Crippen molar-refractivity contribution in [2.75, 3.05) is 10.5 Å². The summed E-state index contributed by atoms with van der Waals surface area (Å²) in [5, 5.41) is 17.2. The SMILES string of the molecule is CCCS(=O)(=O)Nc1ccc(F)c(C=NN=C2NC(=O)C(CC(=O)O)S2)c1F. The van der Waals surface area contributed by atoms with Crippen LogP contribution in [0.1, 0.15) is 25.3 Å². The Hall–Kier alpha value is -2.54. The van der Waals surface area contributed by atoms with Gasteiger partial charge < -0.3 is 10.4 Å². The first-order valence-electron chi connectivity index (χ1n) is 7.91. The van der Waals surface area contributed by atoms with E-state index in [2.05, 4.69) is 15.5 Å². The van der Waals surface area contributed by atoms with E-state index in [0.717, 1.165) is 30.1 Å². The van der Waals surface area contributed by atoms with Gasteiger partial charge in [0.05, 0.1) is 29.6 Å². The molecule has 0 aliphatic carbocycles. The summed E-state index contributed by atoms with van der Waals surface area (Å²) in [6, 6.07) is 1.82. The zero-order valence-electron chi connectivity index (χ0n) is 14.5. The number of amidine groups is 1. The van der Waals surface area contributed by atoms with E-state index in [9.17, 15) is 26.8 Å². The predicted molar refractivity (Wildman–Crippen MR) is 101 cm³/mol. The van der Waals surface area contributed by atoms with Crippen LogP contribution in [0, 0.1) is 11.6 Å². The van der Waals surface area contributed by atoms with E-state index in [1.165, 1.54) is 0 Å². The number of carbonyl (C=O) groups excluding carboxylic acids is 1. The molecule has 1 fully saturated rings. The highest BCUT2D eigenvalue weighted by molar-refractivity contribution is 8.15. The molecule has 3 N–H and O–H groups in total. The highest BCUT2D eigenvalue weighted by Crippen LogP contribution is 2.23. The number of amides is 1. The molecule has 28 heavy (non-hydrogen) atoms. The van der Waals surface area contributed by atoms with Gasteiger partial charge in [0.2, 0.25) is 15.9 Å². The molecule has 0 radical (unpaired) electrons. The number of anilines is 1. The summed E-state index contributed by atoms with van der Waals surface area (Å²) in [4.78, 5) is 22.2. The maximum atomic E-state index is 14.4. The summed E-state index contributed by atoms with van der Waals surface area (Å²) >= 11 is 0.823.